The van der Waals surface area contributed by atoms with E-state index in [0.29, 0.717) is 11.3 Å². The molecule has 0 aliphatic heterocycles. The van der Waals surface area contributed by atoms with Gasteiger partial charge in [-0.3, -0.25) is 4.57 Å². The Morgan fingerprint density at radius 2 is 1.96 bits per heavy atom. The molecule has 0 fully saturated rings. The number of nitrogens with zero attached hydrogens (tertiary/aromatic N) is 2. The second-order valence-corrected chi connectivity index (χ2v) is 7.65. The van der Waals surface area contributed by atoms with E-state index in [4.69, 9.17) is 4.74 Å². The molecule has 0 aliphatic carbocycles. The number of aryl methyl sites for hydroxylation is 1. The van der Waals surface area contributed by atoms with Crippen molar-refractivity contribution in [1.82, 2.24) is 14.9 Å². The Kier molecular flexibility index (Phi) is 4.91. The van der Waals surface area contributed by atoms with Crippen LogP contribution < -0.4 is 5.32 Å². The summed E-state index contributed by atoms with van der Waals surface area (Å²) in [6.07, 6.45) is -0.524. The highest BCUT2D eigenvalue weighted by molar-refractivity contribution is 5.79. The van der Waals surface area contributed by atoms with Crippen LogP contribution in [0.4, 0.5) is 9.18 Å². The highest BCUT2D eigenvalue weighted by Gasteiger charge is 2.23. The summed E-state index contributed by atoms with van der Waals surface area (Å²) in [6.45, 7) is 9.25. The summed E-state index contributed by atoms with van der Waals surface area (Å²) in [5, 5.41) is 2.81. The van der Waals surface area contributed by atoms with E-state index in [9.17, 15) is 9.18 Å². The van der Waals surface area contributed by atoms with Crippen LogP contribution in [0.15, 0.2) is 42.5 Å². The molecule has 0 bridgehead atoms. The molecule has 1 unspecified atom stereocenters. The number of hydrogen-bond acceptors (Lipinski definition) is 3. The average Bonchev–Trinajstić information content (AvgIpc) is 2.91. The molecule has 1 atom stereocenters. The Hall–Kier alpha value is -2.89. The fraction of sp³-hybridized carbons (Fsp3) is 0.333. The quantitative estimate of drug-likeness (QED) is 0.702. The topological polar surface area (TPSA) is 56.2 Å². The minimum Gasteiger partial charge on any atom is -0.444 e. The average molecular weight is 369 g/mol. The number of rotatable bonds is 3. The molecule has 2 aromatic carbocycles. The van der Waals surface area contributed by atoms with Gasteiger partial charge in [-0.1, -0.05) is 12.1 Å². The first-order chi connectivity index (χ1) is 12.6. The molecule has 27 heavy (non-hydrogen) atoms. The van der Waals surface area contributed by atoms with E-state index >= 15 is 0 Å². The number of fused-ring (bicyclic) bond motifs is 1. The summed E-state index contributed by atoms with van der Waals surface area (Å²) in [6, 6.07) is 12.0. The number of benzene rings is 2. The Balaban J connectivity index is 2.06. The number of aromatic nitrogens is 2. The minimum atomic E-state index is -0.594. The van der Waals surface area contributed by atoms with Crippen molar-refractivity contribution in [2.45, 2.75) is 46.3 Å². The summed E-state index contributed by atoms with van der Waals surface area (Å²) in [5.41, 5.74) is 2.70. The largest absolute Gasteiger partial charge is 0.444 e. The highest BCUT2D eigenvalue weighted by Crippen LogP contribution is 2.26. The lowest BCUT2D eigenvalue weighted by molar-refractivity contribution is 0.0505. The number of ether oxygens (including phenoxy) is 1. The lowest BCUT2D eigenvalue weighted by atomic mass is 10.2. The monoisotopic (exact) mass is 369 g/mol. The first-order valence-electron chi connectivity index (χ1n) is 8.88. The first kappa shape index (κ1) is 18.9. The van der Waals surface area contributed by atoms with Crippen molar-refractivity contribution in [3.8, 4) is 5.69 Å². The normalized spacial score (nSPS) is 12.8. The molecule has 1 heterocycles. The van der Waals surface area contributed by atoms with Gasteiger partial charge < -0.3 is 10.1 Å². The fourth-order valence-electron chi connectivity index (χ4n) is 2.95. The van der Waals surface area contributed by atoms with Crippen molar-refractivity contribution in [3.05, 3.63) is 59.7 Å². The van der Waals surface area contributed by atoms with Gasteiger partial charge in [-0.2, -0.15) is 0 Å². The molecule has 0 spiro atoms. The number of alkyl carbamates (subject to hydrolysis) is 1. The van der Waals surface area contributed by atoms with Gasteiger partial charge in [0.05, 0.1) is 17.1 Å². The van der Waals surface area contributed by atoms with Gasteiger partial charge in [0.2, 0.25) is 0 Å². The van der Waals surface area contributed by atoms with Crippen molar-refractivity contribution >= 4 is 17.1 Å². The molecule has 1 N–H and O–H groups in total. The maximum atomic E-state index is 13.7. The summed E-state index contributed by atoms with van der Waals surface area (Å²) >= 11 is 0. The Morgan fingerprint density at radius 3 is 2.63 bits per heavy atom. The standard InChI is InChI=1S/C21H24FN3O2/c1-13-7-6-8-16(11-13)25-18-10-9-15(22)12-17(18)24-19(25)14(2)23-20(26)27-21(3,4)5/h6-12,14H,1-5H3,(H,23,26). The predicted molar refractivity (Wildman–Crippen MR) is 104 cm³/mol. The maximum absolute atomic E-state index is 13.7. The molecular weight excluding hydrogens is 345 g/mol. The van der Waals surface area contributed by atoms with E-state index in [1.54, 1.807) is 6.07 Å². The van der Waals surface area contributed by atoms with Crippen molar-refractivity contribution in [2.75, 3.05) is 0 Å². The van der Waals surface area contributed by atoms with Gasteiger partial charge in [0.25, 0.3) is 0 Å². The summed E-state index contributed by atoms with van der Waals surface area (Å²) in [4.78, 5) is 16.8. The van der Waals surface area contributed by atoms with E-state index in [0.717, 1.165) is 16.8 Å². The molecular formula is C21H24FN3O2. The lowest BCUT2D eigenvalue weighted by Crippen LogP contribution is -2.34. The van der Waals surface area contributed by atoms with Crippen molar-refractivity contribution in [2.24, 2.45) is 0 Å². The van der Waals surface area contributed by atoms with Crippen LogP contribution in [0.3, 0.4) is 0 Å². The van der Waals surface area contributed by atoms with Gasteiger partial charge in [0.15, 0.2) is 0 Å². The van der Waals surface area contributed by atoms with Gasteiger partial charge in [-0.15, -0.1) is 0 Å². The molecule has 3 rings (SSSR count). The zero-order valence-corrected chi connectivity index (χ0v) is 16.2. The molecule has 0 radical (unpaired) electrons. The molecule has 6 heteroatoms. The molecule has 142 valence electrons. The van der Waals surface area contributed by atoms with Crippen molar-refractivity contribution in [1.29, 1.82) is 0 Å². The fourth-order valence-corrected chi connectivity index (χ4v) is 2.95. The molecule has 3 aromatic rings. The van der Waals surface area contributed by atoms with E-state index in [2.05, 4.69) is 10.3 Å². The number of halogens is 1. The molecule has 1 amide bonds. The number of nitrogens with one attached hydrogen (secondary N) is 1. The third-order valence-electron chi connectivity index (χ3n) is 4.02. The SMILES string of the molecule is Cc1cccc(-n2c(C(C)NC(=O)OC(C)(C)C)nc3cc(F)ccc32)c1. The maximum Gasteiger partial charge on any atom is 0.408 e. The van der Waals surface area contributed by atoms with Crippen LogP contribution in [-0.2, 0) is 4.74 Å². The molecule has 5 nitrogen and oxygen atoms in total. The van der Waals surface area contributed by atoms with Crippen LogP contribution in [0.25, 0.3) is 16.7 Å². The van der Waals surface area contributed by atoms with Crippen LogP contribution in [-0.4, -0.2) is 21.2 Å². The Labute approximate surface area is 158 Å². The predicted octanol–water partition coefficient (Wildman–Crippen LogP) is 5.06. The van der Waals surface area contributed by atoms with Gasteiger partial charge >= 0.3 is 6.09 Å². The lowest BCUT2D eigenvalue weighted by Gasteiger charge is -2.22. The molecule has 0 aliphatic rings. The third-order valence-corrected chi connectivity index (χ3v) is 4.02. The second-order valence-electron chi connectivity index (χ2n) is 7.65. The van der Waals surface area contributed by atoms with Crippen molar-refractivity contribution < 1.29 is 13.9 Å². The number of carbonyl (C=O) groups is 1. The van der Waals surface area contributed by atoms with Gasteiger partial charge in [-0.05, 0) is 64.4 Å². The van der Waals surface area contributed by atoms with Gasteiger partial charge in [0, 0.05) is 11.8 Å². The van der Waals surface area contributed by atoms with Crippen LogP contribution >= 0.6 is 0 Å². The summed E-state index contributed by atoms with van der Waals surface area (Å²) < 4.78 is 21.0. The zero-order chi connectivity index (χ0) is 19.8. The smallest absolute Gasteiger partial charge is 0.408 e. The second kappa shape index (κ2) is 7.02. The third kappa shape index (κ3) is 4.27. The number of hydrogen-bond donors (Lipinski definition) is 1. The van der Waals surface area contributed by atoms with Crippen LogP contribution in [0.2, 0.25) is 0 Å². The van der Waals surface area contributed by atoms with Crippen LogP contribution in [0.5, 0.6) is 0 Å². The van der Waals surface area contributed by atoms with E-state index in [1.807, 2.05) is 63.5 Å². The molecule has 0 saturated carbocycles. The highest BCUT2D eigenvalue weighted by atomic mass is 19.1. The van der Waals surface area contributed by atoms with Gasteiger partial charge in [0.1, 0.15) is 17.2 Å². The van der Waals surface area contributed by atoms with Crippen LogP contribution in [0.1, 0.15) is 45.1 Å². The Morgan fingerprint density at radius 1 is 1.22 bits per heavy atom. The van der Waals surface area contributed by atoms with E-state index in [1.165, 1.54) is 12.1 Å². The van der Waals surface area contributed by atoms with Crippen LogP contribution in [0, 0.1) is 12.7 Å². The first-order valence-corrected chi connectivity index (χ1v) is 8.88. The van der Waals surface area contributed by atoms with E-state index in [-0.39, 0.29) is 5.82 Å². The summed E-state index contributed by atoms with van der Waals surface area (Å²) in [7, 11) is 0. The number of carbonyl (C=O) groups excluding carboxylic acids is 1. The zero-order valence-electron chi connectivity index (χ0n) is 16.2. The minimum absolute atomic E-state index is 0.351. The Bertz CT molecular complexity index is 989. The summed E-state index contributed by atoms with van der Waals surface area (Å²) in [5.74, 6) is 0.253. The number of imidazole rings is 1. The molecule has 1 aromatic heterocycles. The van der Waals surface area contributed by atoms with E-state index < -0.39 is 17.7 Å². The number of amides is 1. The van der Waals surface area contributed by atoms with Crippen molar-refractivity contribution in [3.63, 3.8) is 0 Å². The molecule has 0 saturated heterocycles. The van der Waals surface area contributed by atoms with Gasteiger partial charge in [-0.25, -0.2) is 14.2 Å².